The Morgan fingerprint density at radius 2 is 2.22 bits per heavy atom. The monoisotopic (exact) mass is 246 g/mol. The van der Waals surface area contributed by atoms with Crippen molar-refractivity contribution in [3.05, 3.63) is 34.9 Å². The van der Waals surface area contributed by atoms with Crippen LogP contribution in [0.25, 0.3) is 0 Å². The Balaban J connectivity index is 2.11. The van der Waals surface area contributed by atoms with Gasteiger partial charge in [-0.25, -0.2) is 0 Å². The highest BCUT2D eigenvalue weighted by molar-refractivity contribution is 5.89. The van der Waals surface area contributed by atoms with Crippen molar-refractivity contribution in [3.63, 3.8) is 0 Å². The summed E-state index contributed by atoms with van der Waals surface area (Å²) >= 11 is 0. The summed E-state index contributed by atoms with van der Waals surface area (Å²) in [5.41, 5.74) is 2.32. The molecule has 0 N–H and O–H groups in total. The molecule has 1 aliphatic heterocycles. The Morgan fingerprint density at radius 3 is 2.94 bits per heavy atom. The number of carbonyl (C=O) groups is 2. The molecule has 1 heterocycles. The molecule has 4 nitrogen and oxygen atoms in total. The van der Waals surface area contributed by atoms with Crippen molar-refractivity contribution in [1.29, 1.82) is 0 Å². The summed E-state index contributed by atoms with van der Waals surface area (Å²) in [6.07, 6.45) is 0.151. The normalized spacial score (nSPS) is 28.6. The molecular formula is C14H14O4. The van der Waals surface area contributed by atoms with Crippen LogP contribution >= 0.6 is 0 Å². The maximum atomic E-state index is 12.1. The van der Waals surface area contributed by atoms with Crippen LogP contribution in [0.1, 0.15) is 29.2 Å². The molecule has 2 unspecified atom stereocenters. The van der Waals surface area contributed by atoms with Gasteiger partial charge in [0, 0.05) is 0 Å². The van der Waals surface area contributed by atoms with Gasteiger partial charge in [0.15, 0.2) is 0 Å². The largest absolute Gasteiger partial charge is 0.468 e. The van der Waals surface area contributed by atoms with Crippen molar-refractivity contribution in [2.75, 3.05) is 7.11 Å². The molecule has 2 aliphatic rings. The lowest BCUT2D eigenvalue weighted by atomic mass is 9.81. The summed E-state index contributed by atoms with van der Waals surface area (Å²) in [5.74, 6) is -0.677. The van der Waals surface area contributed by atoms with E-state index in [0.29, 0.717) is 6.42 Å². The smallest absolute Gasteiger partial charge is 0.316 e. The third-order valence-corrected chi connectivity index (χ3v) is 3.89. The van der Waals surface area contributed by atoms with Crippen LogP contribution in [0, 0.1) is 12.3 Å². The van der Waals surface area contributed by atoms with E-state index in [4.69, 9.17) is 9.47 Å². The third-order valence-electron chi connectivity index (χ3n) is 3.89. The Labute approximate surface area is 105 Å². The molecule has 0 amide bonds. The maximum absolute atomic E-state index is 12.1. The van der Waals surface area contributed by atoms with Crippen LogP contribution in [0.3, 0.4) is 0 Å². The molecule has 94 valence electrons. The van der Waals surface area contributed by atoms with Crippen molar-refractivity contribution in [2.24, 2.45) is 5.41 Å². The van der Waals surface area contributed by atoms with E-state index >= 15 is 0 Å². The number of esters is 2. The van der Waals surface area contributed by atoms with Crippen LogP contribution < -0.4 is 0 Å². The van der Waals surface area contributed by atoms with Gasteiger partial charge in [-0.15, -0.1) is 0 Å². The standard InChI is InChI=1S/C14H14O4/c1-8-3-4-10-9(5-8)6-14(13(16)17-2)7-11(15)18-12(10)14/h3-5,12H,6-7H2,1-2H3. The Hall–Kier alpha value is -1.84. The van der Waals surface area contributed by atoms with E-state index in [9.17, 15) is 9.59 Å². The summed E-state index contributed by atoms with van der Waals surface area (Å²) in [5, 5.41) is 0. The molecule has 0 saturated carbocycles. The average Bonchev–Trinajstić information content (AvgIpc) is 2.79. The molecule has 18 heavy (non-hydrogen) atoms. The van der Waals surface area contributed by atoms with E-state index in [-0.39, 0.29) is 18.4 Å². The van der Waals surface area contributed by atoms with Crippen LogP contribution in [0.2, 0.25) is 0 Å². The molecule has 0 radical (unpaired) electrons. The molecular weight excluding hydrogens is 232 g/mol. The van der Waals surface area contributed by atoms with Crippen LogP contribution in [0.4, 0.5) is 0 Å². The molecule has 1 fully saturated rings. The van der Waals surface area contributed by atoms with Crippen LogP contribution in [0.15, 0.2) is 18.2 Å². The predicted molar refractivity (Wildman–Crippen MR) is 62.8 cm³/mol. The van der Waals surface area contributed by atoms with Gasteiger partial charge < -0.3 is 9.47 Å². The zero-order valence-electron chi connectivity index (χ0n) is 10.4. The summed E-state index contributed by atoms with van der Waals surface area (Å²) in [6, 6.07) is 5.96. The molecule has 4 heteroatoms. The number of hydrogen-bond donors (Lipinski definition) is 0. The quantitative estimate of drug-likeness (QED) is 0.708. The van der Waals surface area contributed by atoms with E-state index in [1.807, 2.05) is 25.1 Å². The Bertz CT molecular complexity index is 549. The second-order valence-electron chi connectivity index (χ2n) is 5.07. The first-order valence-corrected chi connectivity index (χ1v) is 5.94. The van der Waals surface area contributed by atoms with Gasteiger partial charge in [0.1, 0.15) is 11.5 Å². The van der Waals surface area contributed by atoms with Crippen molar-refractivity contribution in [1.82, 2.24) is 0 Å². The molecule has 0 bridgehead atoms. The molecule has 1 saturated heterocycles. The number of hydrogen-bond acceptors (Lipinski definition) is 4. The third kappa shape index (κ3) is 1.32. The van der Waals surface area contributed by atoms with Gasteiger partial charge in [-0.3, -0.25) is 9.59 Å². The van der Waals surface area contributed by atoms with E-state index in [2.05, 4.69) is 0 Å². The summed E-state index contributed by atoms with van der Waals surface area (Å²) in [7, 11) is 1.35. The van der Waals surface area contributed by atoms with Gasteiger partial charge in [-0.05, 0) is 24.5 Å². The molecule has 1 aliphatic carbocycles. The number of ether oxygens (including phenoxy) is 2. The fourth-order valence-electron chi connectivity index (χ4n) is 3.09. The molecule has 2 atom stereocenters. The fourth-order valence-corrected chi connectivity index (χ4v) is 3.09. The lowest BCUT2D eigenvalue weighted by Crippen LogP contribution is -2.33. The molecule has 3 rings (SSSR count). The van der Waals surface area contributed by atoms with Gasteiger partial charge in [-0.1, -0.05) is 23.8 Å². The first-order valence-electron chi connectivity index (χ1n) is 5.94. The number of rotatable bonds is 1. The van der Waals surface area contributed by atoms with Gasteiger partial charge >= 0.3 is 11.9 Å². The number of fused-ring (bicyclic) bond motifs is 3. The van der Waals surface area contributed by atoms with Gasteiger partial charge in [0.25, 0.3) is 0 Å². The minimum Gasteiger partial charge on any atom is -0.468 e. The van der Waals surface area contributed by atoms with Crippen LogP contribution in [0.5, 0.6) is 0 Å². The average molecular weight is 246 g/mol. The van der Waals surface area contributed by atoms with E-state index < -0.39 is 11.5 Å². The number of aryl methyl sites for hydroxylation is 1. The summed E-state index contributed by atoms with van der Waals surface area (Å²) in [4.78, 5) is 23.6. The van der Waals surface area contributed by atoms with E-state index in [0.717, 1.165) is 16.7 Å². The van der Waals surface area contributed by atoms with E-state index in [1.54, 1.807) is 0 Å². The van der Waals surface area contributed by atoms with Gasteiger partial charge in [-0.2, -0.15) is 0 Å². The molecule has 1 aromatic carbocycles. The van der Waals surface area contributed by atoms with Gasteiger partial charge in [0.05, 0.1) is 13.5 Å². The number of carbonyl (C=O) groups excluding carboxylic acids is 2. The van der Waals surface area contributed by atoms with Crippen LogP contribution in [-0.4, -0.2) is 19.0 Å². The highest BCUT2D eigenvalue weighted by atomic mass is 16.6. The molecule has 1 aromatic rings. The first kappa shape index (κ1) is 11.3. The number of benzene rings is 1. The lowest BCUT2D eigenvalue weighted by Gasteiger charge is -2.22. The molecule has 0 aromatic heterocycles. The Morgan fingerprint density at radius 1 is 1.44 bits per heavy atom. The van der Waals surface area contributed by atoms with E-state index in [1.165, 1.54) is 7.11 Å². The van der Waals surface area contributed by atoms with Crippen molar-refractivity contribution >= 4 is 11.9 Å². The van der Waals surface area contributed by atoms with Crippen molar-refractivity contribution in [3.8, 4) is 0 Å². The maximum Gasteiger partial charge on any atom is 0.316 e. The predicted octanol–water partition coefficient (Wildman–Crippen LogP) is 1.70. The fraction of sp³-hybridized carbons (Fsp3) is 0.429. The van der Waals surface area contributed by atoms with Crippen LogP contribution in [-0.2, 0) is 25.5 Å². The van der Waals surface area contributed by atoms with Gasteiger partial charge in [0.2, 0.25) is 0 Å². The summed E-state index contributed by atoms with van der Waals surface area (Å²) < 4.78 is 10.2. The zero-order chi connectivity index (χ0) is 12.9. The molecule has 0 spiro atoms. The lowest BCUT2D eigenvalue weighted by molar-refractivity contribution is -0.155. The topological polar surface area (TPSA) is 52.6 Å². The minimum atomic E-state index is -0.845. The van der Waals surface area contributed by atoms with Crippen molar-refractivity contribution < 1.29 is 19.1 Å². The summed E-state index contributed by atoms with van der Waals surface area (Å²) in [6.45, 7) is 2.01. The second-order valence-corrected chi connectivity index (χ2v) is 5.07. The highest BCUT2D eigenvalue weighted by Crippen LogP contribution is 2.55. The number of methoxy groups -OCH3 is 1. The second kappa shape index (κ2) is 3.57. The Kier molecular flexibility index (Phi) is 2.24. The SMILES string of the molecule is COC(=O)C12CC(=O)OC1c1ccc(C)cc1C2. The minimum absolute atomic E-state index is 0.109. The van der Waals surface area contributed by atoms with Crippen molar-refractivity contribution in [2.45, 2.75) is 25.9 Å². The highest BCUT2D eigenvalue weighted by Gasteiger charge is 2.60. The zero-order valence-corrected chi connectivity index (χ0v) is 10.4. The first-order chi connectivity index (χ1) is 8.56.